The Labute approximate surface area is 233 Å². The van der Waals surface area contributed by atoms with Crippen LogP contribution in [0.15, 0.2) is 36.4 Å². The summed E-state index contributed by atoms with van der Waals surface area (Å²) in [6, 6.07) is 8.48. The lowest BCUT2D eigenvalue weighted by atomic mass is 10.1. The molecule has 0 fully saturated rings. The van der Waals surface area contributed by atoms with Crippen LogP contribution in [0.1, 0.15) is 32.8 Å². The van der Waals surface area contributed by atoms with Gasteiger partial charge in [-0.15, -0.1) is 0 Å². The Morgan fingerprint density at radius 3 is 2.22 bits per heavy atom. The summed E-state index contributed by atoms with van der Waals surface area (Å²) in [5, 5.41) is 3.71. The third-order valence-corrected chi connectivity index (χ3v) is 7.68. The molecule has 204 valence electrons. The van der Waals surface area contributed by atoms with E-state index < -0.39 is 28.5 Å². The van der Waals surface area contributed by atoms with Gasteiger partial charge in [-0.3, -0.25) is 13.9 Å². The smallest absolute Gasteiger partial charge is 0.244 e. The zero-order chi connectivity index (χ0) is 27.9. The molecule has 0 aromatic heterocycles. The van der Waals surface area contributed by atoms with E-state index in [0.717, 1.165) is 10.6 Å². The maximum atomic E-state index is 13.7. The highest BCUT2D eigenvalue weighted by molar-refractivity contribution is 7.92. The highest BCUT2D eigenvalue weighted by Crippen LogP contribution is 2.30. The van der Waals surface area contributed by atoms with Gasteiger partial charge in [-0.2, -0.15) is 0 Å². The number of nitrogens with one attached hydrogen (secondary N) is 1. The summed E-state index contributed by atoms with van der Waals surface area (Å²) in [5.74, 6) is -0.335. The third kappa shape index (κ3) is 8.67. The van der Waals surface area contributed by atoms with E-state index in [4.69, 9.17) is 39.5 Å². The van der Waals surface area contributed by atoms with Gasteiger partial charge in [0.25, 0.3) is 0 Å². The molecule has 1 atom stereocenters. The first-order chi connectivity index (χ1) is 17.3. The average molecular weight is 593 g/mol. The monoisotopic (exact) mass is 591 g/mol. The van der Waals surface area contributed by atoms with Gasteiger partial charge in [0.1, 0.15) is 18.3 Å². The molecule has 0 aliphatic carbocycles. The molecule has 0 saturated heterocycles. The van der Waals surface area contributed by atoms with Crippen molar-refractivity contribution in [2.45, 2.75) is 39.8 Å². The molecule has 0 radical (unpaired) electrons. The molecule has 37 heavy (non-hydrogen) atoms. The largest absolute Gasteiger partial charge is 0.495 e. The van der Waals surface area contributed by atoms with E-state index >= 15 is 0 Å². The zero-order valence-electron chi connectivity index (χ0n) is 21.4. The van der Waals surface area contributed by atoms with Crippen LogP contribution < -0.4 is 14.4 Å². The van der Waals surface area contributed by atoms with Crippen molar-refractivity contribution in [1.82, 2.24) is 10.2 Å². The molecular weight excluding hydrogens is 561 g/mol. The van der Waals surface area contributed by atoms with Crippen LogP contribution in [-0.2, 0) is 26.2 Å². The van der Waals surface area contributed by atoms with E-state index in [1.165, 1.54) is 30.2 Å². The second-order valence-electron chi connectivity index (χ2n) is 8.92. The summed E-state index contributed by atoms with van der Waals surface area (Å²) in [6.07, 6.45) is 1.30. The topological polar surface area (TPSA) is 96.0 Å². The summed E-state index contributed by atoms with van der Waals surface area (Å²) in [4.78, 5) is 28.2. The first-order valence-corrected chi connectivity index (χ1v) is 14.6. The van der Waals surface area contributed by atoms with Gasteiger partial charge in [0.2, 0.25) is 21.8 Å². The van der Waals surface area contributed by atoms with Crippen molar-refractivity contribution in [2.75, 3.05) is 30.8 Å². The second kappa shape index (κ2) is 13.6. The number of ether oxygens (including phenoxy) is 1. The van der Waals surface area contributed by atoms with E-state index in [9.17, 15) is 18.0 Å². The van der Waals surface area contributed by atoms with E-state index in [1.807, 2.05) is 13.8 Å². The molecule has 0 aliphatic rings. The molecule has 1 N–H and O–H groups in total. The van der Waals surface area contributed by atoms with Crippen LogP contribution in [-0.4, -0.2) is 57.6 Å². The lowest BCUT2D eigenvalue weighted by molar-refractivity contribution is -0.140. The number of amides is 2. The fraction of sp³-hybridized carbons (Fsp3) is 0.440. The van der Waals surface area contributed by atoms with Crippen LogP contribution in [0.3, 0.4) is 0 Å². The molecule has 12 heteroatoms. The van der Waals surface area contributed by atoms with Crippen molar-refractivity contribution in [3.05, 3.63) is 57.0 Å². The fourth-order valence-corrected chi connectivity index (χ4v) is 5.01. The second-order valence-corrected chi connectivity index (χ2v) is 12.1. The van der Waals surface area contributed by atoms with E-state index in [-0.39, 0.29) is 29.1 Å². The lowest BCUT2D eigenvalue weighted by Gasteiger charge is -2.33. The number of hydrogen-bond donors (Lipinski definition) is 1. The Hall–Kier alpha value is -2.20. The summed E-state index contributed by atoms with van der Waals surface area (Å²) in [6.45, 7) is 5.62. The van der Waals surface area contributed by atoms with Gasteiger partial charge in [0.05, 0.1) is 34.1 Å². The maximum absolute atomic E-state index is 13.7. The SMILES string of the molecule is CC[C@H](C(=O)NCC(C)C)N(Cc1ccc(Cl)c(Cl)c1)C(=O)CN(c1ccc(OC)c(Cl)c1)S(C)(=O)=O. The molecule has 2 aromatic carbocycles. The molecule has 0 heterocycles. The van der Waals surface area contributed by atoms with Gasteiger partial charge in [-0.1, -0.05) is 61.6 Å². The summed E-state index contributed by atoms with van der Waals surface area (Å²) in [7, 11) is -2.46. The molecule has 0 saturated carbocycles. The molecule has 0 bridgehead atoms. The molecule has 8 nitrogen and oxygen atoms in total. The molecule has 0 spiro atoms. The number of hydrogen-bond acceptors (Lipinski definition) is 5. The minimum absolute atomic E-state index is 0.0182. The average Bonchev–Trinajstić information content (AvgIpc) is 2.82. The highest BCUT2D eigenvalue weighted by atomic mass is 35.5. The Kier molecular flexibility index (Phi) is 11.4. The van der Waals surface area contributed by atoms with Crippen LogP contribution in [0.4, 0.5) is 5.69 Å². The Morgan fingerprint density at radius 2 is 1.70 bits per heavy atom. The van der Waals surface area contributed by atoms with E-state index in [0.29, 0.717) is 34.3 Å². The van der Waals surface area contributed by atoms with Gasteiger partial charge < -0.3 is 15.0 Å². The number of halogens is 3. The Morgan fingerprint density at radius 1 is 1.03 bits per heavy atom. The first kappa shape index (κ1) is 31.0. The summed E-state index contributed by atoms with van der Waals surface area (Å²) in [5.41, 5.74) is 0.824. The van der Waals surface area contributed by atoms with Crippen LogP contribution in [0, 0.1) is 5.92 Å². The standard InChI is InChI=1S/C25H32Cl3N3O5S/c1-6-22(25(33)29-13-16(2)3)30(14-17-7-9-19(26)20(27)11-17)24(32)15-31(37(5,34)35)18-8-10-23(36-4)21(28)12-18/h7-12,16,22H,6,13-15H2,1-5H3,(H,29,33)/t22-/m1/s1. The van der Waals surface area contributed by atoms with Gasteiger partial charge in [0.15, 0.2) is 0 Å². The van der Waals surface area contributed by atoms with Crippen LogP contribution in [0.5, 0.6) is 5.75 Å². The summed E-state index contributed by atoms with van der Waals surface area (Å²) < 4.78 is 31.5. The molecule has 2 amide bonds. The lowest BCUT2D eigenvalue weighted by Crippen LogP contribution is -2.52. The minimum Gasteiger partial charge on any atom is -0.495 e. The van der Waals surface area contributed by atoms with E-state index in [1.54, 1.807) is 25.1 Å². The third-order valence-electron chi connectivity index (χ3n) is 5.51. The number of nitrogens with zero attached hydrogens (tertiary/aromatic N) is 2. The van der Waals surface area contributed by atoms with Gasteiger partial charge in [-0.05, 0) is 48.2 Å². The molecule has 0 aliphatic heterocycles. The van der Waals surface area contributed by atoms with Crippen molar-refractivity contribution in [2.24, 2.45) is 5.92 Å². The number of benzene rings is 2. The van der Waals surface area contributed by atoms with Gasteiger partial charge in [-0.25, -0.2) is 8.42 Å². The van der Waals surface area contributed by atoms with E-state index in [2.05, 4.69) is 5.32 Å². The van der Waals surface area contributed by atoms with Crippen LogP contribution >= 0.6 is 34.8 Å². The number of sulfonamides is 1. The normalized spacial score (nSPS) is 12.2. The maximum Gasteiger partial charge on any atom is 0.244 e. The van der Waals surface area contributed by atoms with Crippen molar-refractivity contribution >= 4 is 62.3 Å². The highest BCUT2D eigenvalue weighted by Gasteiger charge is 2.32. The van der Waals surface area contributed by atoms with Gasteiger partial charge in [0, 0.05) is 13.1 Å². The summed E-state index contributed by atoms with van der Waals surface area (Å²) >= 11 is 18.4. The van der Waals surface area contributed by atoms with Crippen molar-refractivity contribution in [3.8, 4) is 5.75 Å². The predicted octanol–water partition coefficient (Wildman–Crippen LogP) is 5.00. The quantitative estimate of drug-likeness (QED) is 0.374. The van der Waals surface area contributed by atoms with Crippen molar-refractivity contribution in [1.29, 1.82) is 0 Å². The molecular formula is C25H32Cl3N3O5S. The Bertz CT molecular complexity index is 1220. The zero-order valence-corrected chi connectivity index (χ0v) is 24.5. The predicted molar refractivity (Wildman–Crippen MR) is 149 cm³/mol. The number of carbonyl (C=O) groups excluding carboxylic acids is 2. The molecule has 0 unspecified atom stereocenters. The van der Waals surface area contributed by atoms with Crippen molar-refractivity contribution in [3.63, 3.8) is 0 Å². The minimum atomic E-state index is -3.89. The number of rotatable bonds is 12. The van der Waals surface area contributed by atoms with Crippen LogP contribution in [0.25, 0.3) is 0 Å². The molecule has 2 aromatic rings. The number of anilines is 1. The number of carbonyl (C=O) groups is 2. The fourth-order valence-electron chi connectivity index (χ4n) is 3.60. The Balaban J connectivity index is 2.47. The van der Waals surface area contributed by atoms with Gasteiger partial charge >= 0.3 is 0 Å². The first-order valence-electron chi connectivity index (χ1n) is 11.6. The molecule has 2 rings (SSSR count). The van der Waals surface area contributed by atoms with Crippen molar-refractivity contribution < 1.29 is 22.7 Å². The number of methoxy groups -OCH3 is 1. The van der Waals surface area contributed by atoms with Crippen LogP contribution in [0.2, 0.25) is 15.1 Å².